The molecule has 0 saturated heterocycles. The van der Waals surface area contributed by atoms with Gasteiger partial charge < -0.3 is 4.57 Å². The van der Waals surface area contributed by atoms with Crippen molar-refractivity contribution < 1.29 is 4.39 Å². The Morgan fingerprint density at radius 3 is 2.88 bits per heavy atom. The number of nitrogens with zero attached hydrogens (tertiary/aromatic N) is 3. The molecule has 0 spiro atoms. The lowest BCUT2D eigenvalue weighted by Gasteiger charge is -2.04. The summed E-state index contributed by atoms with van der Waals surface area (Å²) < 4.78 is 15.6. The molecule has 0 aliphatic rings. The standard InChI is InChI=1S/C11H7BrFN3/c1-16-6-8(5-14)15-11(16)9-4-7(13)2-3-10(9)12/h2-4,6H,1H3. The van der Waals surface area contributed by atoms with E-state index in [0.717, 1.165) is 4.47 Å². The maximum atomic E-state index is 13.1. The molecule has 0 fully saturated rings. The Morgan fingerprint density at radius 1 is 1.50 bits per heavy atom. The SMILES string of the molecule is Cn1cc(C#N)nc1-c1cc(F)ccc1Br. The van der Waals surface area contributed by atoms with E-state index in [1.54, 1.807) is 23.9 Å². The van der Waals surface area contributed by atoms with E-state index in [-0.39, 0.29) is 5.82 Å². The zero-order valence-corrected chi connectivity index (χ0v) is 9.99. The van der Waals surface area contributed by atoms with Gasteiger partial charge in [0.1, 0.15) is 17.7 Å². The van der Waals surface area contributed by atoms with Crippen molar-refractivity contribution >= 4 is 15.9 Å². The van der Waals surface area contributed by atoms with E-state index in [9.17, 15) is 4.39 Å². The monoisotopic (exact) mass is 279 g/mol. The van der Waals surface area contributed by atoms with Gasteiger partial charge >= 0.3 is 0 Å². The van der Waals surface area contributed by atoms with Gasteiger partial charge in [-0.15, -0.1) is 0 Å². The third kappa shape index (κ3) is 1.84. The average molecular weight is 280 g/mol. The minimum absolute atomic E-state index is 0.314. The summed E-state index contributed by atoms with van der Waals surface area (Å²) in [6.07, 6.45) is 1.60. The molecule has 0 bridgehead atoms. The van der Waals surface area contributed by atoms with Crippen LogP contribution in [-0.4, -0.2) is 9.55 Å². The second-order valence-corrected chi connectivity index (χ2v) is 4.15. The van der Waals surface area contributed by atoms with E-state index in [0.29, 0.717) is 17.1 Å². The third-order valence-corrected chi connectivity index (χ3v) is 2.85. The van der Waals surface area contributed by atoms with Gasteiger partial charge in [0, 0.05) is 23.3 Å². The molecule has 1 aromatic heterocycles. The molecule has 0 radical (unpaired) electrons. The minimum Gasteiger partial charge on any atom is -0.333 e. The third-order valence-electron chi connectivity index (χ3n) is 2.16. The van der Waals surface area contributed by atoms with Gasteiger partial charge in [-0.3, -0.25) is 0 Å². The van der Waals surface area contributed by atoms with E-state index in [1.807, 2.05) is 6.07 Å². The fourth-order valence-corrected chi connectivity index (χ4v) is 1.86. The summed E-state index contributed by atoms with van der Waals surface area (Å²) in [6.45, 7) is 0. The van der Waals surface area contributed by atoms with Gasteiger partial charge in [0.2, 0.25) is 0 Å². The Morgan fingerprint density at radius 2 is 2.25 bits per heavy atom. The molecule has 5 heteroatoms. The molecular weight excluding hydrogens is 273 g/mol. The van der Waals surface area contributed by atoms with Crippen LogP contribution in [0.25, 0.3) is 11.4 Å². The summed E-state index contributed by atoms with van der Waals surface area (Å²) in [5.41, 5.74) is 0.942. The summed E-state index contributed by atoms with van der Waals surface area (Å²) in [4.78, 5) is 4.11. The van der Waals surface area contributed by atoms with Crippen LogP contribution in [0.15, 0.2) is 28.9 Å². The first-order valence-corrected chi connectivity index (χ1v) is 5.30. The van der Waals surface area contributed by atoms with Crippen molar-refractivity contribution in [2.75, 3.05) is 0 Å². The van der Waals surface area contributed by atoms with Crippen molar-refractivity contribution in [2.45, 2.75) is 0 Å². The zero-order valence-electron chi connectivity index (χ0n) is 8.41. The second-order valence-electron chi connectivity index (χ2n) is 3.30. The van der Waals surface area contributed by atoms with E-state index in [1.165, 1.54) is 12.1 Å². The Balaban J connectivity index is 2.63. The average Bonchev–Trinajstić information content (AvgIpc) is 2.63. The summed E-state index contributed by atoms with van der Waals surface area (Å²) in [6, 6.07) is 6.31. The maximum Gasteiger partial charge on any atom is 0.159 e. The van der Waals surface area contributed by atoms with Crippen LogP contribution in [0.4, 0.5) is 4.39 Å². The van der Waals surface area contributed by atoms with Gasteiger partial charge in [0.25, 0.3) is 0 Å². The predicted octanol–water partition coefficient (Wildman–Crippen LogP) is 2.86. The summed E-state index contributed by atoms with van der Waals surface area (Å²) in [5.74, 6) is 0.225. The first kappa shape index (κ1) is 10.8. The molecule has 0 atom stereocenters. The molecule has 2 aromatic rings. The molecular formula is C11H7BrFN3. The molecule has 1 aromatic carbocycles. The first-order valence-electron chi connectivity index (χ1n) is 4.50. The van der Waals surface area contributed by atoms with Crippen LogP contribution in [0.2, 0.25) is 0 Å². The molecule has 0 amide bonds. The topological polar surface area (TPSA) is 41.6 Å². The van der Waals surface area contributed by atoms with Crippen LogP contribution in [0.5, 0.6) is 0 Å². The number of halogens is 2. The van der Waals surface area contributed by atoms with Crippen LogP contribution in [0, 0.1) is 17.1 Å². The molecule has 3 nitrogen and oxygen atoms in total. The number of aromatic nitrogens is 2. The quantitative estimate of drug-likeness (QED) is 0.806. The van der Waals surface area contributed by atoms with E-state index < -0.39 is 0 Å². The van der Waals surface area contributed by atoms with E-state index >= 15 is 0 Å². The molecule has 1 heterocycles. The summed E-state index contributed by atoms with van der Waals surface area (Å²) >= 11 is 3.33. The van der Waals surface area contributed by atoms with Gasteiger partial charge in [0.15, 0.2) is 5.69 Å². The first-order chi connectivity index (χ1) is 7.61. The lowest BCUT2D eigenvalue weighted by Crippen LogP contribution is -1.92. The molecule has 0 aliphatic carbocycles. The van der Waals surface area contributed by atoms with Crippen molar-refractivity contribution in [3.05, 3.63) is 40.4 Å². The fraction of sp³-hybridized carbons (Fsp3) is 0.0909. The van der Waals surface area contributed by atoms with Crippen molar-refractivity contribution in [3.63, 3.8) is 0 Å². The Labute approximate surface area is 100 Å². The normalized spacial score (nSPS) is 10.1. The molecule has 2 rings (SSSR count). The van der Waals surface area contributed by atoms with Crippen molar-refractivity contribution in [1.82, 2.24) is 9.55 Å². The number of hydrogen-bond donors (Lipinski definition) is 0. The van der Waals surface area contributed by atoms with Crippen molar-refractivity contribution in [3.8, 4) is 17.5 Å². The smallest absolute Gasteiger partial charge is 0.159 e. The van der Waals surface area contributed by atoms with Crippen LogP contribution in [-0.2, 0) is 7.05 Å². The van der Waals surface area contributed by atoms with Crippen molar-refractivity contribution in [2.24, 2.45) is 7.05 Å². The highest BCUT2D eigenvalue weighted by molar-refractivity contribution is 9.10. The number of nitriles is 1. The molecule has 0 N–H and O–H groups in total. The number of imidazole rings is 1. The fourth-order valence-electron chi connectivity index (χ4n) is 1.44. The van der Waals surface area contributed by atoms with Crippen LogP contribution >= 0.6 is 15.9 Å². The van der Waals surface area contributed by atoms with Crippen LogP contribution < -0.4 is 0 Å². The summed E-state index contributed by atoms with van der Waals surface area (Å²) in [7, 11) is 1.76. The minimum atomic E-state index is -0.334. The van der Waals surface area contributed by atoms with Gasteiger partial charge in [-0.25, -0.2) is 9.37 Å². The number of hydrogen-bond acceptors (Lipinski definition) is 2. The number of aryl methyl sites for hydroxylation is 1. The summed E-state index contributed by atoms with van der Waals surface area (Å²) in [5, 5.41) is 8.73. The van der Waals surface area contributed by atoms with Gasteiger partial charge in [-0.2, -0.15) is 5.26 Å². The molecule has 16 heavy (non-hydrogen) atoms. The van der Waals surface area contributed by atoms with E-state index in [2.05, 4.69) is 20.9 Å². The Hall–Kier alpha value is -1.67. The molecule has 0 aliphatic heterocycles. The molecule has 80 valence electrons. The molecule has 0 unspecified atom stereocenters. The number of rotatable bonds is 1. The lowest BCUT2D eigenvalue weighted by atomic mass is 10.2. The Bertz CT molecular complexity index is 583. The lowest BCUT2D eigenvalue weighted by molar-refractivity contribution is 0.627. The maximum absolute atomic E-state index is 13.1. The predicted molar refractivity (Wildman–Crippen MR) is 61.0 cm³/mol. The van der Waals surface area contributed by atoms with Gasteiger partial charge in [-0.1, -0.05) is 15.9 Å². The van der Waals surface area contributed by atoms with E-state index in [4.69, 9.17) is 5.26 Å². The highest BCUT2D eigenvalue weighted by Crippen LogP contribution is 2.27. The van der Waals surface area contributed by atoms with Crippen molar-refractivity contribution in [1.29, 1.82) is 5.26 Å². The Kier molecular flexibility index (Phi) is 2.75. The number of benzene rings is 1. The second kappa shape index (κ2) is 4.06. The van der Waals surface area contributed by atoms with Crippen LogP contribution in [0.3, 0.4) is 0 Å². The van der Waals surface area contributed by atoms with Gasteiger partial charge in [0.05, 0.1) is 0 Å². The van der Waals surface area contributed by atoms with Crippen LogP contribution in [0.1, 0.15) is 5.69 Å². The zero-order chi connectivity index (χ0) is 11.7. The molecule has 0 saturated carbocycles. The highest BCUT2D eigenvalue weighted by atomic mass is 79.9. The largest absolute Gasteiger partial charge is 0.333 e. The van der Waals surface area contributed by atoms with Gasteiger partial charge in [-0.05, 0) is 18.2 Å². The highest BCUT2D eigenvalue weighted by Gasteiger charge is 2.11.